The number of methoxy groups -OCH3 is 1. The maximum Gasteiger partial charge on any atom is 0.321 e. The highest BCUT2D eigenvalue weighted by atomic mass is 32.2. The van der Waals surface area contributed by atoms with Gasteiger partial charge in [0.15, 0.2) is 0 Å². The first-order valence-corrected chi connectivity index (χ1v) is 7.15. The van der Waals surface area contributed by atoms with E-state index in [4.69, 9.17) is 5.11 Å². The molecule has 0 aliphatic carbocycles. The van der Waals surface area contributed by atoms with Gasteiger partial charge in [-0.2, -0.15) is 17.0 Å². The molecule has 1 N–H and O–H groups in total. The number of nitrogens with zero attached hydrogens (tertiary/aromatic N) is 2. The molecule has 0 atom stereocenters. The van der Waals surface area contributed by atoms with Crippen molar-refractivity contribution in [2.75, 3.05) is 33.8 Å². The van der Waals surface area contributed by atoms with E-state index in [1.165, 1.54) is 14.2 Å². The second-order valence-electron chi connectivity index (χ2n) is 3.88. The van der Waals surface area contributed by atoms with Gasteiger partial charge in [0.05, 0.1) is 13.5 Å². The largest absolute Gasteiger partial charge is 0.481 e. The maximum absolute atomic E-state index is 12.1. The van der Waals surface area contributed by atoms with E-state index in [1.807, 2.05) is 0 Å². The smallest absolute Gasteiger partial charge is 0.321 e. The van der Waals surface area contributed by atoms with Crippen LogP contribution in [0.15, 0.2) is 0 Å². The summed E-state index contributed by atoms with van der Waals surface area (Å²) < 4.78 is 30.6. The van der Waals surface area contributed by atoms with Gasteiger partial charge in [-0.25, -0.2) is 0 Å². The number of hydrogen-bond acceptors (Lipinski definition) is 5. The third-order valence-corrected chi connectivity index (χ3v) is 4.30. The fraction of sp³-hybridized carbons (Fsp3) is 0.800. The minimum absolute atomic E-state index is 0.154. The van der Waals surface area contributed by atoms with Gasteiger partial charge in [-0.3, -0.25) is 9.59 Å². The number of esters is 1. The summed E-state index contributed by atoms with van der Waals surface area (Å²) in [4.78, 5) is 21.6. The second kappa shape index (κ2) is 8.08. The van der Waals surface area contributed by atoms with E-state index in [0.717, 1.165) is 8.61 Å². The summed E-state index contributed by atoms with van der Waals surface area (Å²) in [5.74, 6) is -1.75. The van der Waals surface area contributed by atoms with Gasteiger partial charge < -0.3 is 9.84 Å². The van der Waals surface area contributed by atoms with Gasteiger partial charge in [-0.15, -0.1) is 0 Å². The lowest BCUT2D eigenvalue weighted by Crippen LogP contribution is -2.45. The van der Waals surface area contributed by atoms with E-state index in [0.29, 0.717) is 6.42 Å². The van der Waals surface area contributed by atoms with Gasteiger partial charge in [0.1, 0.15) is 6.54 Å². The molecule has 0 aromatic rings. The van der Waals surface area contributed by atoms with Crippen LogP contribution in [0.5, 0.6) is 0 Å². The van der Waals surface area contributed by atoms with Gasteiger partial charge >= 0.3 is 11.9 Å². The number of rotatable bonds is 9. The van der Waals surface area contributed by atoms with Crippen molar-refractivity contribution in [3.63, 3.8) is 0 Å². The van der Waals surface area contributed by atoms with Crippen molar-refractivity contribution in [2.45, 2.75) is 19.8 Å². The minimum Gasteiger partial charge on any atom is -0.481 e. The molecule has 0 spiro atoms. The van der Waals surface area contributed by atoms with Crippen molar-refractivity contribution in [1.82, 2.24) is 8.61 Å². The Balaban J connectivity index is 4.86. The predicted molar refractivity (Wildman–Crippen MR) is 67.7 cm³/mol. The van der Waals surface area contributed by atoms with E-state index in [2.05, 4.69) is 4.74 Å². The molecule has 0 radical (unpaired) electrons. The van der Waals surface area contributed by atoms with Crippen molar-refractivity contribution >= 4 is 22.1 Å². The summed E-state index contributed by atoms with van der Waals surface area (Å²) >= 11 is 0. The molecule has 0 amide bonds. The van der Waals surface area contributed by atoms with Crippen LogP contribution in [-0.2, 0) is 24.5 Å². The molecule has 0 aromatic heterocycles. The van der Waals surface area contributed by atoms with Crippen molar-refractivity contribution < 1.29 is 27.9 Å². The number of carboxylic acids is 1. The first-order chi connectivity index (χ1) is 8.75. The van der Waals surface area contributed by atoms with Crippen molar-refractivity contribution in [3.8, 4) is 0 Å². The zero-order valence-corrected chi connectivity index (χ0v) is 12.1. The topological polar surface area (TPSA) is 104 Å². The minimum atomic E-state index is -3.86. The Kier molecular flexibility index (Phi) is 7.57. The van der Waals surface area contributed by atoms with Crippen LogP contribution in [0.3, 0.4) is 0 Å². The Hall–Kier alpha value is -1.19. The molecule has 0 unspecified atom stereocenters. The van der Waals surface area contributed by atoms with Gasteiger partial charge in [0.2, 0.25) is 0 Å². The Morgan fingerprint density at radius 1 is 1.26 bits per heavy atom. The number of aliphatic carboxylic acids is 1. The lowest BCUT2D eigenvalue weighted by atomic mass is 10.4. The number of carboxylic acid groups (broad SMARTS) is 1. The predicted octanol–water partition coefficient (Wildman–Crippen LogP) is -0.477. The van der Waals surface area contributed by atoms with Crippen LogP contribution in [0.25, 0.3) is 0 Å². The van der Waals surface area contributed by atoms with Crippen molar-refractivity contribution in [2.24, 2.45) is 0 Å². The van der Waals surface area contributed by atoms with E-state index < -0.39 is 22.1 Å². The molecule has 0 heterocycles. The molecule has 0 fully saturated rings. The highest BCUT2D eigenvalue weighted by Crippen LogP contribution is 2.08. The maximum atomic E-state index is 12.1. The Morgan fingerprint density at radius 3 is 2.26 bits per heavy atom. The number of carbonyl (C=O) groups is 2. The van der Waals surface area contributed by atoms with Gasteiger partial charge in [0.25, 0.3) is 10.2 Å². The van der Waals surface area contributed by atoms with Crippen LogP contribution in [0, 0.1) is 0 Å². The second-order valence-corrected chi connectivity index (χ2v) is 5.92. The SMILES string of the molecule is CCCN(CC(=O)OC)S(=O)(=O)N(C)CCC(=O)O. The number of hydrogen-bond donors (Lipinski definition) is 1. The molecule has 0 saturated heterocycles. The summed E-state index contributed by atoms with van der Waals surface area (Å²) in [5, 5.41) is 8.54. The monoisotopic (exact) mass is 296 g/mol. The highest BCUT2D eigenvalue weighted by Gasteiger charge is 2.28. The van der Waals surface area contributed by atoms with Crippen LogP contribution in [0.2, 0.25) is 0 Å². The Bertz CT molecular complexity index is 408. The molecular formula is C10H20N2O6S. The summed E-state index contributed by atoms with van der Waals surface area (Å²) in [7, 11) is -1.41. The standard InChI is InChI=1S/C10H20N2O6S/c1-4-6-12(8-10(15)18-3)19(16,17)11(2)7-5-9(13)14/h4-8H2,1-3H3,(H,13,14). The molecule has 19 heavy (non-hydrogen) atoms. The summed E-state index contributed by atoms with van der Waals surface area (Å²) in [5.41, 5.74) is 0. The Labute approximate surface area is 113 Å². The molecule has 9 heteroatoms. The third kappa shape index (κ3) is 5.99. The molecule has 0 aromatic carbocycles. The van der Waals surface area contributed by atoms with Gasteiger partial charge in [0, 0.05) is 20.1 Å². The third-order valence-electron chi connectivity index (χ3n) is 2.37. The van der Waals surface area contributed by atoms with E-state index in [-0.39, 0.29) is 26.1 Å². The molecule has 112 valence electrons. The van der Waals surface area contributed by atoms with Crippen molar-refractivity contribution in [1.29, 1.82) is 0 Å². The summed E-state index contributed by atoms with van der Waals surface area (Å²) in [6.45, 7) is 1.40. The number of ether oxygens (including phenoxy) is 1. The Morgan fingerprint density at radius 2 is 1.84 bits per heavy atom. The molecule has 0 aliphatic rings. The first-order valence-electron chi connectivity index (χ1n) is 5.75. The average Bonchev–Trinajstić information content (AvgIpc) is 2.34. The molecule has 0 bridgehead atoms. The van der Waals surface area contributed by atoms with Crippen molar-refractivity contribution in [3.05, 3.63) is 0 Å². The average molecular weight is 296 g/mol. The van der Waals surface area contributed by atoms with E-state index in [1.54, 1.807) is 6.92 Å². The lowest BCUT2D eigenvalue weighted by molar-refractivity contribution is -0.141. The van der Waals surface area contributed by atoms with E-state index in [9.17, 15) is 18.0 Å². The molecule has 8 nitrogen and oxygen atoms in total. The normalized spacial score (nSPS) is 11.8. The first kappa shape index (κ1) is 17.8. The van der Waals surface area contributed by atoms with Crippen LogP contribution in [-0.4, -0.2) is 67.9 Å². The zero-order chi connectivity index (χ0) is 15.1. The fourth-order valence-electron chi connectivity index (χ4n) is 1.30. The van der Waals surface area contributed by atoms with Gasteiger partial charge in [-0.05, 0) is 6.42 Å². The van der Waals surface area contributed by atoms with Gasteiger partial charge in [-0.1, -0.05) is 6.92 Å². The fourth-order valence-corrected chi connectivity index (χ4v) is 2.70. The zero-order valence-electron chi connectivity index (χ0n) is 11.3. The number of carbonyl (C=O) groups excluding carboxylic acids is 1. The lowest BCUT2D eigenvalue weighted by Gasteiger charge is -2.26. The quantitative estimate of drug-likeness (QED) is 0.576. The van der Waals surface area contributed by atoms with Crippen LogP contribution < -0.4 is 0 Å². The van der Waals surface area contributed by atoms with Crippen LogP contribution >= 0.6 is 0 Å². The highest BCUT2D eigenvalue weighted by molar-refractivity contribution is 7.86. The molecular weight excluding hydrogens is 276 g/mol. The molecule has 0 rings (SSSR count). The molecule has 0 aliphatic heterocycles. The summed E-state index contributed by atoms with van der Waals surface area (Å²) in [6, 6.07) is 0. The summed E-state index contributed by atoms with van der Waals surface area (Å²) in [6.07, 6.45) is 0.233. The molecule has 0 saturated carbocycles. The van der Waals surface area contributed by atoms with E-state index >= 15 is 0 Å². The van der Waals surface area contributed by atoms with Crippen LogP contribution in [0.1, 0.15) is 19.8 Å². The van der Waals surface area contributed by atoms with Crippen LogP contribution in [0.4, 0.5) is 0 Å².